The van der Waals surface area contributed by atoms with E-state index in [0.29, 0.717) is 60.6 Å². The zero-order chi connectivity index (χ0) is 26.7. The number of aromatic nitrogens is 4. The maximum Gasteiger partial charge on any atom is 0.230 e. The van der Waals surface area contributed by atoms with E-state index in [1.807, 2.05) is 23.1 Å². The van der Waals surface area contributed by atoms with E-state index in [1.54, 1.807) is 19.2 Å². The van der Waals surface area contributed by atoms with Crippen molar-refractivity contribution < 1.29 is 18.7 Å². The van der Waals surface area contributed by atoms with Crippen molar-refractivity contribution in [2.24, 2.45) is 0 Å². The van der Waals surface area contributed by atoms with Crippen molar-refractivity contribution in [1.82, 2.24) is 25.1 Å². The van der Waals surface area contributed by atoms with Gasteiger partial charge in [0, 0.05) is 55.1 Å². The third-order valence-electron chi connectivity index (χ3n) is 5.53. The molecule has 3 N–H and O–H groups in total. The van der Waals surface area contributed by atoms with E-state index in [2.05, 4.69) is 36.8 Å². The monoisotopic (exact) mass is 517 g/mol. The number of benzene rings is 2. The predicted octanol–water partition coefficient (Wildman–Crippen LogP) is 3.72. The lowest BCUT2D eigenvalue weighted by Gasteiger charge is -2.17. The van der Waals surface area contributed by atoms with Gasteiger partial charge in [0.05, 0.1) is 25.2 Å². The summed E-state index contributed by atoms with van der Waals surface area (Å²) in [6.07, 6.45) is 7.78. The number of rotatable bonds is 13. The third-order valence-corrected chi connectivity index (χ3v) is 5.53. The Kier molecular flexibility index (Phi) is 9.04. The highest BCUT2D eigenvalue weighted by Gasteiger charge is 2.11. The molecule has 10 nitrogen and oxygen atoms in total. The third kappa shape index (κ3) is 7.41. The molecule has 0 aliphatic heterocycles. The Morgan fingerprint density at radius 3 is 2.87 bits per heavy atom. The van der Waals surface area contributed by atoms with E-state index in [0.717, 1.165) is 11.8 Å². The summed E-state index contributed by atoms with van der Waals surface area (Å²) in [7, 11) is 1.65. The van der Waals surface area contributed by atoms with Gasteiger partial charge in [-0.15, -0.1) is 0 Å². The molecule has 0 bridgehead atoms. The van der Waals surface area contributed by atoms with E-state index in [1.165, 1.54) is 24.5 Å². The summed E-state index contributed by atoms with van der Waals surface area (Å²) in [6.45, 7) is 2.48. The maximum atomic E-state index is 13.3. The number of anilines is 3. The van der Waals surface area contributed by atoms with Gasteiger partial charge in [-0.05, 0) is 36.8 Å². The van der Waals surface area contributed by atoms with Gasteiger partial charge in [0.15, 0.2) is 5.82 Å². The van der Waals surface area contributed by atoms with E-state index >= 15 is 0 Å². The highest BCUT2D eigenvalue weighted by atomic mass is 19.1. The van der Waals surface area contributed by atoms with Crippen LogP contribution in [0.2, 0.25) is 0 Å². The standard InChI is InChI=1S/C27H28FN7O3/c1-3-35(11-13-37-2)10-5-12-38-22-8-9-23-24(17-22)29-18-30-27(23)32-25-15-21(33-34-25)16-26(36)31-20-7-4-6-19(28)14-20/h1,4,6-9,14-15,17-18H,5,10-13,16H2,2H3,(H,31,36)(H2,29,30,32,33,34). The molecule has 0 aliphatic carbocycles. The number of carbonyl (C=O) groups is 1. The Hall–Kier alpha value is -4.69. The molecule has 196 valence electrons. The molecule has 0 atom stereocenters. The zero-order valence-electron chi connectivity index (χ0n) is 20.9. The molecule has 2 heterocycles. The summed E-state index contributed by atoms with van der Waals surface area (Å²) < 4.78 is 24.3. The van der Waals surface area contributed by atoms with Crippen LogP contribution in [0.15, 0.2) is 54.9 Å². The van der Waals surface area contributed by atoms with Crippen molar-refractivity contribution in [3.05, 3.63) is 66.4 Å². The summed E-state index contributed by atoms with van der Waals surface area (Å²) in [5.41, 5.74) is 1.68. The lowest BCUT2D eigenvalue weighted by Crippen LogP contribution is -2.24. The molecule has 1 amide bonds. The molecule has 11 heteroatoms. The van der Waals surface area contributed by atoms with Crippen LogP contribution >= 0.6 is 0 Å². The van der Waals surface area contributed by atoms with E-state index in [9.17, 15) is 9.18 Å². The second kappa shape index (κ2) is 13.0. The highest BCUT2D eigenvalue weighted by Crippen LogP contribution is 2.26. The van der Waals surface area contributed by atoms with Crippen LogP contribution in [0.25, 0.3) is 10.9 Å². The molecule has 4 aromatic rings. The quantitative estimate of drug-likeness (QED) is 0.140. The Bertz CT molecular complexity index is 1420. The summed E-state index contributed by atoms with van der Waals surface area (Å²) >= 11 is 0. The number of nitrogens with zero attached hydrogens (tertiary/aromatic N) is 4. The van der Waals surface area contributed by atoms with E-state index < -0.39 is 5.82 Å². The number of terminal acetylenes is 1. The molecular weight excluding hydrogens is 489 g/mol. The minimum Gasteiger partial charge on any atom is -0.493 e. The lowest BCUT2D eigenvalue weighted by atomic mass is 10.2. The second-order valence-electron chi connectivity index (χ2n) is 8.35. The molecule has 4 rings (SSSR count). The van der Waals surface area contributed by atoms with Gasteiger partial charge < -0.3 is 25.0 Å². The van der Waals surface area contributed by atoms with Crippen molar-refractivity contribution in [1.29, 1.82) is 0 Å². The number of halogens is 1. The molecule has 0 spiro atoms. The first kappa shape index (κ1) is 26.4. The number of carbonyl (C=O) groups excluding carboxylic acids is 1. The Morgan fingerprint density at radius 1 is 1.16 bits per heavy atom. The Labute approximate surface area is 219 Å². The lowest BCUT2D eigenvalue weighted by molar-refractivity contribution is -0.115. The highest BCUT2D eigenvalue weighted by molar-refractivity contribution is 5.93. The number of H-pyrrole nitrogens is 1. The van der Waals surface area contributed by atoms with Crippen LogP contribution in [0.4, 0.5) is 21.7 Å². The van der Waals surface area contributed by atoms with Crippen LogP contribution < -0.4 is 15.4 Å². The number of fused-ring (bicyclic) bond motifs is 1. The van der Waals surface area contributed by atoms with Crippen LogP contribution in [0.1, 0.15) is 12.1 Å². The molecule has 0 fully saturated rings. The van der Waals surface area contributed by atoms with Crippen molar-refractivity contribution >= 4 is 34.1 Å². The summed E-state index contributed by atoms with van der Waals surface area (Å²) in [6, 6.07) is 15.6. The maximum absolute atomic E-state index is 13.3. The first-order valence-corrected chi connectivity index (χ1v) is 12.0. The Balaban J connectivity index is 1.32. The first-order chi connectivity index (χ1) is 18.5. The van der Waals surface area contributed by atoms with Crippen LogP contribution in [-0.4, -0.2) is 64.4 Å². The molecule has 38 heavy (non-hydrogen) atoms. The number of nitrogens with one attached hydrogen (secondary N) is 3. The topological polar surface area (TPSA) is 117 Å². The molecular formula is C27H28FN7O3. The molecule has 0 aliphatic rings. The van der Waals surface area contributed by atoms with E-state index in [4.69, 9.17) is 15.9 Å². The number of hydrogen-bond donors (Lipinski definition) is 3. The van der Waals surface area contributed by atoms with Gasteiger partial charge in [-0.25, -0.2) is 14.4 Å². The van der Waals surface area contributed by atoms with Gasteiger partial charge in [-0.2, -0.15) is 5.10 Å². The average molecular weight is 518 g/mol. The predicted molar refractivity (Wildman–Crippen MR) is 143 cm³/mol. The van der Waals surface area contributed by atoms with Crippen molar-refractivity contribution in [2.75, 3.05) is 44.0 Å². The molecule has 2 aromatic carbocycles. The zero-order valence-corrected chi connectivity index (χ0v) is 20.9. The minimum absolute atomic E-state index is 0.0435. The van der Waals surface area contributed by atoms with Crippen LogP contribution in [-0.2, 0) is 16.0 Å². The van der Waals surface area contributed by atoms with Gasteiger partial charge in [0.2, 0.25) is 5.91 Å². The number of hydrogen-bond acceptors (Lipinski definition) is 8. The average Bonchev–Trinajstić information content (AvgIpc) is 3.34. The molecule has 0 saturated heterocycles. The second-order valence-corrected chi connectivity index (χ2v) is 8.35. The van der Waals surface area contributed by atoms with Crippen molar-refractivity contribution in [3.63, 3.8) is 0 Å². The Morgan fingerprint density at radius 2 is 2.05 bits per heavy atom. The number of aromatic amines is 1. The summed E-state index contributed by atoms with van der Waals surface area (Å²) in [5.74, 6) is 1.03. The fourth-order valence-corrected chi connectivity index (χ4v) is 3.70. The number of methoxy groups -OCH3 is 1. The number of amides is 1. The first-order valence-electron chi connectivity index (χ1n) is 12.0. The molecule has 0 radical (unpaired) electrons. The van der Waals surface area contributed by atoms with Gasteiger partial charge in [-0.1, -0.05) is 12.5 Å². The molecule has 0 saturated carbocycles. The van der Waals surface area contributed by atoms with E-state index in [-0.39, 0.29) is 12.3 Å². The van der Waals surface area contributed by atoms with Gasteiger partial charge in [-0.3, -0.25) is 9.89 Å². The summed E-state index contributed by atoms with van der Waals surface area (Å²) in [4.78, 5) is 22.8. The van der Waals surface area contributed by atoms with Crippen LogP contribution in [0.3, 0.4) is 0 Å². The molecule has 2 aromatic heterocycles. The van der Waals surface area contributed by atoms with Crippen molar-refractivity contribution in [3.8, 4) is 18.2 Å². The van der Waals surface area contributed by atoms with Crippen molar-refractivity contribution in [2.45, 2.75) is 12.8 Å². The summed E-state index contributed by atoms with van der Waals surface area (Å²) in [5, 5.41) is 13.6. The largest absolute Gasteiger partial charge is 0.493 e. The molecule has 0 unspecified atom stereocenters. The minimum atomic E-state index is -0.420. The van der Waals surface area contributed by atoms with Gasteiger partial charge in [0.25, 0.3) is 0 Å². The fourth-order valence-electron chi connectivity index (χ4n) is 3.70. The van der Waals surface area contributed by atoms with Gasteiger partial charge >= 0.3 is 0 Å². The fraction of sp³-hybridized carbons (Fsp3) is 0.259. The number of ether oxygens (including phenoxy) is 2. The smallest absolute Gasteiger partial charge is 0.230 e. The van der Waals surface area contributed by atoms with Crippen LogP contribution in [0.5, 0.6) is 5.75 Å². The normalized spacial score (nSPS) is 10.7. The van der Waals surface area contributed by atoms with Crippen LogP contribution in [0, 0.1) is 18.3 Å². The SMILES string of the molecule is C#CN(CCCOc1ccc2c(Nc3cc(CC(=O)Nc4cccc(F)c4)[nH]n3)ncnc2c1)CCOC. The van der Waals surface area contributed by atoms with Gasteiger partial charge in [0.1, 0.15) is 23.7 Å².